The van der Waals surface area contributed by atoms with Crippen LogP contribution in [-0.2, 0) is 0 Å². The van der Waals surface area contributed by atoms with Crippen LogP contribution in [-0.4, -0.2) is 12.5 Å². The Labute approximate surface area is 125 Å². The summed E-state index contributed by atoms with van der Waals surface area (Å²) in [4.78, 5) is 12.3. The molecule has 1 amide bonds. The van der Waals surface area contributed by atoms with Crippen molar-refractivity contribution in [1.29, 1.82) is 0 Å². The van der Waals surface area contributed by atoms with Gasteiger partial charge >= 0.3 is 0 Å². The number of amides is 1. The smallest absolute Gasteiger partial charge is 0.252 e. The fraction of sp³-hybridized carbons (Fsp3) is 0.211. The van der Waals surface area contributed by atoms with E-state index in [0.717, 1.165) is 30.0 Å². The Bertz CT molecular complexity index is 731. The molecule has 1 N–H and O–H groups in total. The topological polar surface area (TPSA) is 29.1 Å². The second-order valence-corrected chi connectivity index (χ2v) is 4.77. The van der Waals surface area contributed by atoms with Crippen molar-refractivity contribution < 1.29 is 4.79 Å². The summed E-state index contributed by atoms with van der Waals surface area (Å²) in [5.74, 6) is 5.10. The van der Waals surface area contributed by atoms with Crippen molar-refractivity contribution in [3.63, 3.8) is 0 Å². The number of unbranched alkanes of at least 4 members (excludes halogenated alkanes) is 2. The fourth-order valence-electron chi connectivity index (χ4n) is 2.27. The lowest BCUT2D eigenvalue weighted by Crippen LogP contribution is -2.25. The third-order valence-corrected chi connectivity index (χ3v) is 3.35. The van der Waals surface area contributed by atoms with Gasteiger partial charge in [0.15, 0.2) is 0 Å². The highest BCUT2D eigenvalue weighted by Gasteiger charge is 2.12. The maximum atomic E-state index is 12.3. The van der Waals surface area contributed by atoms with E-state index >= 15 is 0 Å². The minimum Gasteiger partial charge on any atom is -0.352 e. The van der Waals surface area contributed by atoms with Gasteiger partial charge < -0.3 is 5.32 Å². The molecule has 21 heavy (non-hydrogen) atoms. The van der Waals surface area contributed by atoms with Crippen molar-refractivity contribution in [2.45, 2.75) is 19.3 Å². The maximum absolute atomic E-state index is 12.3. The highest BCUT2D eigenvalue weighted by Crippen LogP contribution is 2.21. The molecular weight excluding hydrogens is 258 g/mol. The van der Waals surface area contributed by atoms with Crippen LogP contribution in [0.4, 0.5) is 0 Å². The predicted octanol–water partition coefficient (Wildman–Crippen LogP) is 3.35. The van der Waals surface area contributed by atoms with E-state index in [1.54, 1.807) is 6.07 Å². The molecule has 0 aliphatic heterocycles. The average Bonchev–Trinajstić information content (AvgIpc) is 2.53. The number of fused-ring (bicyclic) bond motifs is 1. The molecule has 2 nitrogen and oxygen atoms in total. The molecule has 0 heterocycles. The lowest BCUT2D eigenvalue weighted by molar-refractivity contribution is 0.0953. The second-order valence-electron chi connectivity index (χ2n) is 4.77. The average molecular weight is 275 g/mol. The molecule has 2 heteroatoms. The van der Waals surface area contributed by atoms with Crippen LogP contribution >= 0.6 is 0 Å². The van der Waals surface area contributed by atoms with E-state index in [9.17, 15) is 4.79 Å². The first-order valence-electron chi connectivity index (χ1n) is 6.98. The van der Waals surface area contributed by atoms with Crippen molar-refractivity contribution in [2.75, 3.05) is 6.54 Å². The Hall–Kier alpha value is -2.71. The molecule has 0 unspecified atom stereocenters. The summed E-state index contributed by atoms with van der Waals surface area (Å²) in [6, 6.07) is 11.5. The first kappa shape index (κ1) is 14.7. The van der Waals surface area contributed by atoms with E-state index in [4.69, 9.17) is 12.8 Å². The zero-order valence-electron chi connectivity index (χ0n) is 11.9. The van der Waals surface area contributed by atoms with Crippen LogP contribution in [0.25, 0.3) is 10.8 Å². The zero-order valence-corrected chi connectivity index (χ0v) is 11.9. The molecule has 2 rings (SSSR count). The van der Waals surface area contributed by atoms with Gasteiger partial charge in [-0.15, -0.1) is 18.8 Å². The molecule has 2 aromatic rings. The predicted molar refractivity (Wildman–Crippen MR) is 86.9 cm³/mol. The van der Waals surface area contributed by atoms with Gasteiger partial charge in [-0.1, -0.05) is 36.3 Å². The van der Waals surface area contributed by atoms with Gasteiger partial charge in [-0.25, -0.2) is 0 Å². The lowest BCUT2D eigenvalue weighted by atomic mass is 9.99. The van der Waals surface area contributed by atoms with E-state index in [-0.39, 0.29) is 5.91 Å². The van der Waals surface area contributed by atoms with Crippen LogP contribution in [0, 0.1) is 24.7 Å². The largest absolute Gasteiger partial charge is 0.352 e. The van der Waals surface area contributed by atoms with E-state index in [1.165, 1.54) is 0 Å². The number of benzene rings is 2. The van der Waals surface area contributed by atoms with Gasteiger partial charge in [-0.2, -0.15) is 0 Å². The summed E-state index contributed by atoms with van der Waals surface area (Å²) >= 11 is 0. The molecule has 0 aromatic heterocycles. The van der Waals surface area contributed by atoms with Crippen molar-refractivity contribution in [2.24, 2.45) is 0 Å². The quantitative estimate of drug-likeness (QED) is 0.658. The maximum Gasteiger partial charge on any atom is 0.252 e. The minimum absolute atomic E-state index is 0.130. The van der Waals surface area contributed by atoms with E-state index in [2.05, 4.69) is 17.2 Å². The van der Waals surface area contributed by atoms with Gasteiger partial charge in [0.1, 0.15) is 0 Å². The van der Waals surface area contributed by atoms with Gasteiger partial charge in [0.2, 0.25) is 0 Å². The number of carbonyl (C=O) groups excluding carboxylic acids is 1. The molecule has 0 bridgehead atoms. The fourth-order valence-corrected chi connectivity index (χ4v) is 2.27. The molecule has 0 aliphatic rings. The molecule has 2 aromatic carbocycles. The van der Waals surface area contributed by atoms with Crippen molar-refractivity contribution in [3.8, 4) is 24.7 Å². The molecule has 104 valence electrons. The number of rotatable bonds is 5. The summed E-state index contributed by atoms with van der Waals surface area (Å²) in [5, 5.41) is 4.86. The molecule has 0 saturated heterocycles. The third kappa shape index (κ3) is 3.44. The number of hydrogen-bond donors (Lipinski definition) is 1. The molecule has 0 aliphatic carbocycles. The van der Waals surface area contributed by atoms with Gasteiger partial charge in [-0.05, 0) is 29.7 Å². The minimum atomic E-state index is -0.130. The molecule has 0 spiro atoms. The van der Waals surface area contributed by atoms with Crippen LogP contribution < -0.4 is 5.32 Å². The highest BCUT2D eigenvalue weighted by molar-refractivity contribution is 6.03. The van der Waals surface area contributed by atoms with Crippen LogP contribution in [0.1, 0.15) is 35.2 Å². The Kier molecular flexibility index (Phi) is 5.02. The SMILES string of the molecule is C#CCCCCNC(=O)c1ccc2ccccc2c1C#C. The van der Waals surface area contributed by atoms with E-state index in [1.807, 2.05) is 30.3 Å². The summed E-state index contributed by atoms with van der Waals surface area (Å²) in [6.45, 7) is 0.608. The highest BCUT2D eigenvalue weighted by atomic mass is 16.1. The van der Waals surface area contributed by atoms with Crippen LogP contribution in [0.2, 0.25) is 0 Å². The summed E-state index contributed by atoms with van der Waals surface area (Å²) in [6.07, 6.45) is 13.3. The van der Waals surface area contributed by atoms with Gasteiger partial charge in [0.25, 0.3) is 5.91 Å². The van der Waals surface area contributed by atoms with Crippen LogP contribution in [0.5, 0.6) is 0 Å². The second kappa shape index (κ2) is 7.17. The normalized spacial score (nSPS) is 9.81. The monoisotopic (exact) mass is 275 g/mol. The number of carbonyl (C=O) groups is 1. The Balaban J connectivity index is 2.16. The lowest BCUT2D eigenvalue weighted by Gasteiger charge is -2.09. The first-order chi connectivity index (χ1) is 10.3. The Morgan fingerprint density at radius 2 is 1.90 bits per heavy atom. The standard InChI is InChI=1S/C19H17NO/c1-3-5-6-9-14-20-19(21)18-13-12-15-10-7-8-11-17(15)16(18)4-2/h1-2,7-8,10-13H,5-6,9,14H2,(H,20,21). The van der Waals surface area contributed by atoms with Gasteiger partial charge in [-0.3, -0.25) is 4.79 Å². The molecule has 0 atom stereocenters. The summed E-state index contributed by atoms with van der Waals surface area (Å²) in [7, 11) is 0. The number of nitrogens with one attached hydrogen (secondary N) is 1. The molecule has 0 fully saturated rings. The summed E-state index contributed by atoms with van der Waals surface area (Å²) in [5.41, 5.74) is 1.20. The Morgan fingerprint density at radius 1 is 1.10 bits per heavy atom. The van der Waals surface area contributed by atoms with Gasteiger partial charge in [0.05, 0.1) is 5.56 Å². The summed E-state index contributed by atoms with van der Waals surface area (Å²) < 4.78 is 0. The Morgan fingerprint density at radius 3 is 2.67 bits per heavy atom. The van der Waals surface area contributed by atoms with E-state index < -0.39 is 0 Å². The zero-order chi connectivity index (χ0) is 15.1. The van der Waals surface area contributed by atoms with Crippen LogP contribution in [0.15, 0.2) is 36.4 Å². The van der Waals surface area contributed by atoms with Crippen molar-refractivity contribution in [3.05, 3.63) is 47.5 Å². The van der Waals surface area contributed by atoms with Crippen molar-refractivity contribution >= 4 is 16.7 Å². The first-order valence-corrected chi connectivity index (χ1v) is 6.98. The van der Waals surface area contributed by atoms with E-state index in [0.29, 0.717) is 17.7 Å². The van der Waals surface area contributed by atoms with Crippen LogP contribution in [0.3, 0.4) is 0 Å². The molecule has 0 saturated carbocycles. The van der Waals surface area contributed by atoms with Gasteiger partial charge in [0, 0.05) is 18.5 Å². The molecular formula is C19H17NO. The molecule has 0 radical (unpaired) electrons. The number of hydrogen-bond acceptors (Lipinski definition) is 1. The number of terminal acetylenes is 2. The van der Waals surface area contributed by atoms with Crippen molar-refractivity contribution in [1.82, 2.24) is 5.32 Å². The third-order valence-electron chi connectivity index (χ3n) is 3.35.